The summed E-state index contributed by atoms with van der Waals surface area (Å²) >= 11 is 0. The fraction of sp³-hybridized carbons (Fsp3) is 0.571. The number of piperidine rings is 1. The van der Waals surface area contributed by atoms with Gasteiger partial charge in [0, 0.05) is 70.0 Å². The summed E-state index contributed by atoms with van der Waals surface area (Å²) in [6, 6.07) is 12.2. The Morgan fingerprint density at radius 2 is 1.56 bits per heavy atom. The smallest absolute Gasteiger partial charge is 0.410 e. The third kappa shape index (κ3) is 7.06. The van der Waals surface area contributed by atoms with Crippen molar-refractivity contribution in [1.82, 2.24) is 19.6 Å². The molecule has 0 aromatic heterocycles. The van der Waals surface area contributed by atoms with Crippen molar-refractivity contribution in [3.63, 3.8) is 0 Å². The Labute approximate surface area is 266 Å². The Kier molecular flexibility index (Phi) is 9.49. The summed E-state index contributed by atoms with van der Waals surface area (Å²) in [5.41, 5.74) is 4.31. The number of fused-ring (bicyclic) bond motifs is 1. The molecule has 45 heavy (non-hydrogen) atoms. The predicted molar refractivity (Wildman–Crippen MR) is 172 cm³/mol. The number of amides is 4. The Bertz CT molecular complexity index is 1370. The van der Waals surface area contributed by atoms with Gasteiger partial charge in [0.1, 0.15) is 5.75 Å². The molecule has 4 aliphatic rings. The Balaban J connectivity index is 1.09. The van der Waals surface area contributed by atoms with Crippen LogP contribution in [0.25, 0.3) is 0 Å². The number of ether oxygens (including phenoxy) is 1. The van der Waals surface area contributed by atoms with Gasteiger partial charge in [0.25, 0.3) is 5.91 Å². The number of anilines is 1. The highest BCUT2D eigenvalue weighted by atomic mass is 16.6. The van der Waals surface area contributed by atoms with Crippen LogP contribution in [0.2, 0.25) is 0 Å². The van der Waals surface area contributed by atoms with Gasteiger partial charge in [0.05, 0.1) is 0 Å². The van der Waals surface area contributed by atoms with Crippen LogP contribution in [0.4, 0.5) is 15.3 Å². The quantitative estimate of drug-likeness (QED) is 0.487. The highest BCUT2D eigenvalue weighted by Crippen LogP contribution is 2.28. The van der Waals surface area contributed by atoms with Crippen LogP contribution in [0.1, 0.15) is 60.8 Å². The van der Waals surface area contributed by atoms with E-state index in [0.29, 0.717) is 51.6 Å². The first-order valence-electron chi connectivity index (χ1n) is 16.7. The summed E-state index contributed by atoms with van der Waals surface area (Å²) in [5, 5.41) is 13.3. The van der Waals surface area contributed by atoms with E-state index in [1.807, 2.05) is 60.0 Å². The van der Waals surface area contributed by atoms with Crippen LogP contribution in [0.15, 0.2) is 36.4 Å². The number of urea groups is 1. The van der Waals surface area contributed by atoms with Crippen LogP contribution >= 0.6 is 0 Å². The molecular formula is C35H47N5O5. The molecule has 3 heterocycles. The van der Waals surface area contributed by atoms with Crippen LogP contribution in [0.3, 0.4) is 0 Å². The van der Waals surface area contributed by atoms with Gasteiger partial charge in [-0.2, -0.15) is 0 Å². The van der Waals surface area contributed by atoms with E-state index in [-0.39, 0.29) is 30.2 Å². The molecule has 10 nitrogen and oxygen atoms in total. The van der Waals surface area contributed by atoms with E-state index < -0.39 is 12.2 Å². The second-order valence-electron chi connectivity index (χ2n) is 13.2. The number of piperazine rings is 1. The van der Waals surface area contributed by atoms with E-state index in [2.05, 4.69) is 10.2 Å². The van der Waals surface area contributed by atoms with Crippen LogP contribution in [-0.2, 0) is 22.4 Å². The van der Waals surface area contributed by atoms with Crippen molar-refractivity contribution < 1.29 is 24.2 Å². The number of hydrogen-bond donors (Lipinski definition) is 2. The highest BCUT2D eigenvalue weighted by molar-refractivity contribution is 5.91. The van der Waals surface area contributed by atoms with Gasteiger partial charge in [-0.25, -0.2) is 9.59 Å². The number of aryl methyl sites for hydroxylation is 2. The molecule has 242 valence electrons. The molecule has 6 rings (SSSR count). The molecule has 2 aromatic rings. The van der Waals surface area contributed by atoms with E-state index in [9.17, 15) is 19.5 Å². The van der Waals surface area contributed by atoms with E-state index in [1.54, 1.807) is 4.90 Å². The number of nitrogens with zero attached hydrogens (tertiary/aromatic N) is 4. The fourth-order valence-electron chi connectivity index (χ4n) is 7.63. The summed E-state index contributed by atoms with van der Waals surface area (Å²) in [6.45, 7) is 8.17. The second-order valence-corrected chi connectivity index (χ2v) is 13.2. The first kappa shape index (κ1) is 31.2. The van der Waals surface area contributed by atoms with Gasteiger partial charge < -0.3 is 29.9 Å². The topological polar surface area (TPSA) is 106 Å². The normalized spacial score (nSPS) is 20.8. The third-order valence-electron chi connectivity index (χ3n) is 10.3. The van der Waals surface area contributed by atoms with E-state index in [4.69, 9.17) is 4.74 Å². The van der Waals surface area contributed by atoms with Crippen LogP contribution < -0.4 is 5.32 Å². The minimum atomic E-state index is -0.952. The molecule has 2 aromatic carbocycles. The van der Waals surface area contributed by atoms with Crippen molar-refractivity contribution in [1.29, 1.82) is 0 Å². The van der Waals surface area contributed by atoms with Gasteiger partial charge >= 0.3 is 12.1 Å². The lowest BCUT2D eigenvalue weighted by Crippen LogP contribution is -2.55. The van der Waals surface area contributed by atoms with Crippen molar-refractivity contribution >= 4 is 23.7 Å². The molecule has 0 radical (unpaired) electrons. The van der Waals surface area contributed by atoms with Crippen molar-refractivity contribution in [2.24, 2.45) is 0 Å². The van der Waals surface area contributed by atoms with Crippen molar-refractivity contribution in [3.05, 3.63) is 58.7 Å². The molecule has 1 atom stereocenters. The average Bonchev–Trinajstić information content (AvgIpc) is 3.53. The third-order valence-corrected chi connectivity index (χ3v) is 10.3. The number of likely N-dealkylation sites (tertiary alicyclic amines) is 1. The number of carbonyl (C=O) groups is 3. The number of hydrogen-bond acceptors (Lipinski definition) is 6. The number of phenolic OH excluding ortho intramolecular Hbond substituents is 1. The Morgan fingerprint density at radius 1 is 0.889 bits per heavy atom. The highest BCUT2D eigenvalue weighted by Gasteiger charge is 2.36. The number of para-hydroxylation sites is 1. The zero-order chi connectivity index (χ0) is 31.5. The molecule has 3 aliphatic heterocycles. The monoisotopic (exact) mass is 617 g/mol. The summed E-state index contributed by atoms with van der Waals surface area (Å²) in [6.07, 6.45) is 5.93. The Hall–Kier alpha value is -3.79. The molecule has 0 spiro atoms. The molecule has 3 fully saturated rings. The molecular weight excluding hydrogens is 570 g/mol. The van der Waals surface area contributed by atoms with Crippen LogP contribution in [-0.4, -0.2) is 107 Å². The lowest BCUT2D eigenvalue weighted by atomic mass is 10.0. The number of nitrogens with one attached hydrogen (secondary N) is 1. The number of aromatic hydroxyl groups is 1. The van der Waals surface area contributed by atoms with Crippen molar-refractivity contribution in [3.8, 4) is 5.75 Å². The van der Waals surface area contributed by atoms with Crippen molar-refractivity contribution in [2.45, 2.75) is 83.4 Å². The van der Waals surface area contributed by atoms with Gasteiger partial charge in [0.2, 0.25) is 0 Å². The molecule has 2 saturated heterocycles. The SMILES string of the molecule is Cc1cc(CC(OC(=O)N2CCC(N3CCc4ccccc4NC3=O)CC2)C(=O)N2CCN(C3CCCC3)CC2)cc(C)c1O. The molecule has 10 heteroatoms. The molecule has 1 unspecified atom stereocenters. The molecule has 1 saturated carbocycles. The average molecular weight is 618 g/mol. The zero-order valence-electron chi connectivity index (χ0n) is 26.7. The minimum Gasteiger partial charge on any atom is -0.507 e. The van der Waals surface area contributed by atoms with Crippen LogP contribution in [0.5, 0.6) is 5.75 Å². The fourth-order valence-corrected chi connectivity index (χ4v) is 7.63. The molecule has 0 bridgehead atoms. The first-order valence-corrected chi connectivity index (χ1v) is 16.7. The van der Waals surface area contributed by atoms with Crippen LogP contribution in [0, 0.1) is 13.8 Å². The van der Waals surface area contributed by atoms with Gasteiger partial charge in [-0.05, 0) is 74.3 Å². The number of benzene rings is 2. The lowest BCUT2D eigenvalue weighted by Gasteiger charge is -2.40. The number of rotatable bonds is 6. The number of phenols is 1. The Morgan fingerprint density at radius 3 is 2.24 bits per heavy atom. The summed E-state index contributed by atoms with van der Waals surface area (Å²) in [5.74, 6) is 0.0833. The predicted octanol–water partition coefficient (Wildman–Crippen LogP) is 4.70. The van der Waals surface area contributed by atoms with E-state index >= 15 is 0 Å². The molecule has 2 N–H and O–H groups in total. The molecule has 1 aliphatic carbocycles. The van der Waals surface area contributed by atoms with Gasteiger partial charge in [-0.15, -0.1) is 0 Å². The maximum atomic E-state index is 13.9. The summed E-state index contributed by atoms with van der Waals surface area (Å²) in [7, 11) is 0. The van der Waals surface area contributed by atoms with Crippen molar-refractivity contribution in [2.75, 3.05) is 51.1 Å². The van der Waals surface area contributed by atoms with E-state index in [0.717, 1.165) is 47.5 Å². The van der Waals surface area contributed by atoms with E-state index in [1.165, 1.54) is 25.7 Å². The molecule has 4 amide bonds. The van der Waals surface area contributed by atoms with Gasteiger partial charge in [-0.3, -0.25) is 9.69 Å². The minimum absolute atomic E-state index is 0.0277. The standard InChI is InChI=1S/C35H47N5O5/c1-24-21-26(22-25(2)32(24)41)23-31(33(42)38-19-17-37(18-20-38)28-8-4-5-9-28)45-35(44)39-14-12-29(13-15-39)40-16-11-27-7-3-6-10-30(27)36-34(40)43/h3,6-7,10,21-22,28-29,31,41H,4-5,8-9,11-20,23H2,1-2H3,(H,36,43). The van der Waals surface area contributed by atoms with Gasteiger partial charge in [-0.1, -0.05) is 43.2 Å². The summed E-state index contributed by atoms with van der Waals surface area (Å²) in [4.78, 5) is 48.4. The summed E-state index contributed by atoms with van der Waals surface area (Å²) < 4.78 is 6.04. The van der Waals surface area contributed by atoms with Gasteiger partial charge in [0.15, 0.2) is 6.10 Å². The largest absolute Gasteiger partial charge is 0.507 e. The zero-order valence-corrected chi connectivity index (χ0v) is 26.7. The first-order chi connectivity index (χ1) is 21.8. The lowest BCUT2D eigenvalue weighted by molar-refractivity contribution is -0.143. The second kappa shape index (κ2) is 13.7. The number of carbonyl (C=O) groups excluding carboxylic acids is 3. The maximum absolute atomic E-state index is 13.9. The maximum Gasteiger partial charge on any atom is 0.410 e.